The number of hydrogen-bond donors (Lipinski definition) is 0. The molecular weight excluding hydrogens is 817 g/mol. The number of benzene rings is 10. The quantitative estimate of drug-likeness (QED) is 0.166. The van der Waals surface area contributed by atoms with Crippen molar-refractivity contribution in [2.45, 2.75) is 27.7 Å². The van der Waals surface area contributed by atoms with Gasteiger partial charge in [-0.25, -0.2) is 0 Å². The van der Waals surface area contributed by atoms with E-state index >= 15 is 0 Å². The van der Waals surface area contributed by atoms with E-state index in [4.69, 9.17) is 15.0 Å². The van der Waals surface area contributed by atoms with Gasteiger partial charge in [-0.3, -0.25) is 9.13 Å². The fourth-order valence-electron chi connectivity index (χ4n) is 11.0. The lowest BCUT2D eigenvalue weighted by Gasteiger charge is -2.15. The van der Waals surface area contributed by atoms with Crippen molar-refractivity contribution in [1.82, 2.24) is 28.7 Å². The molecule has 6 nitrogen and oxygen atoms in total. The molecular formula is C61H42N6. The van der Waals surface area contributed by atoms with Gasteiger partial charge in [-0.15, -0.1) is 0 Å². The van der Waals surface area contributed by atoms with Crippen LogP contribution in [0.3, 0.4) is 0 Å². The summed E-state index contributed by atoms with van der Waals surface area (Å²) < 4.78 is 6.85. The largest absolute Gasteiger partial charge is 0.309 e. The molecule has 0 bridgehead atoms. The Morgan fingerprint density at radius 2 is 0.687 bits per heavy atom. The summed E-state index contributed by atoms with van der Waals surface area (Å²) in [6.07, 6.45) is 0. The molecule has 14 rings (SSSR count). The smallest absolute Gasteiger partial charge is 0.240 e. The van der Waals surface area contributed by atoms with Gasteiger partial charge in [0.2, 0.25) is 11.9 Å². The molecule has 10 aromatic carbocycles. The first kappa shape index (κ1) is 37.7. The summed E-state index contributed by atoms with van der Waals surface area (Å²) >= 11 is 0. The molecule has 0 N–H and O–H groups in total. The average molecular weight is 859 g/mol. The minimum absolute atomic E-state index is 0.572. The average Bonchev–Trinajstić information content (AvgIpc) is 3.97. The molecule has 0 amide bonds. The van der Waals surface area contributed by atoms with Gasteiger partial charge in [-0.05, 0) is 145 Å². The van der Waals surface area contributed by atoms with E-state index in [9.17, 15) is 0 Å². The van der Waals surface area contributed by atoms with Gasteiger partial charge in [0, 0.05) is 43.6 Å². The second-order valence-corrected chi connectivity index (χ2v) is 18.4. The Bertz CT molecular complexity index is 4170. The van der Waals surface area contributed by atoms with Crippen LogP contribution in [0.25, 0.3) is 127 Å². The fourth-order valence-corrected chi connectivity index (χ4v) is 11.0. The molecule has 6 heteroatoms. The van der Waals surface area contributed by atoms with Crippen LogP contribution in [0, 0.1) is 27.7 Å². The molecule has 0 saturated carbocycles. The van der Waals surface area contributed by atoms with Crippen LogP contribution >= 0.6 is 0 Å². The minimum Gasteiger partial charge on any atom is -0.309 e. The van der Waals surface area contributed by atoms with Gasteiger partial charge in [0.15, 0.2) is 5.82 Å². The summed E-state index contributed by atoms with van der Waals surface area (Å²) in [5.41, 5.74) is 13.5. The lowest BCUT2D eigenvalue weighted by molar-refractivity contribution is 0.893. The van der Waals surface area contributed by atoms with Crippen LogP contribution in [-0.2, 0) is 0 Å². The number of aryl methyl sites for hydroxylation is 4. The standard InChI is InChI=1S/C61H42N6/c1-35-18-24-54-48(28-35)49-29-36(2)19-25-55(49)66(54)60-62-59(63-61(64-60)67-56-26-20-37(3)30-50(56)51-31-38(4)21-27-57(51)67)39-22-23-43-45(32-39)41-14-8-9-15-42(41)47-34-58-52(33-46(43)47)44-16-10-11-17-53(44)65(58)40-12-6-5-7-13-40/h5-34H,1-4H3. The predicted molar refractivity (Wildman–Crippen MR) is 280 cm³/mol. The van der Waals surface area contributed by atoms with E-state index in [0.29, 0.717) is 17.7 Å². The van der Waals surface area contributed by atoms with E-state index in [1.807, 2.05) is 0 Å². The number of hydrogen-bond acceptors (Lipinski definition) is 3. The van der Waals surface area contributed by atoms with Crippen molar-refractivity contribution in [3.8, 4) is 29.0 Å². The van der Waals surface area contributed by atoms with Gasteiger partial charge in [0.1, 0.15) is 0 Å². The zero-order valence-corrected chi connectivity index (χ0v) is 37.5. The molecule has 0 fully saturated rings. The zero-order valence-electron chi connectivity index (χ0n) is 37.5. The normalized spacial score (nSPS) is 12.2. The Kier molecular flexibility index (Phi) is 7.85. The lowest BCUT2D eigenvalue weighted by atomic mass is 9.92. The Morgan fingerprint density at radius 1 is 0.269 bits per heavy atom. The lowest BCUT2D eigenvalue weighted by Crippen LogP contribution is -2.10. The Balaban J connectivity index is 1.07. The van der Waals surface area contributed by atoms with Crippen LogP contribution in [0.15, 0.2) is 182 Å². The minimum atomic E-state index is 0.572. The van der Waals surface area contributed by atoms with Crippen molar-refractivity contribution in [2.75, 3.05) is 0 Å². The van der Waals surface area contributed by atoms with Crippen molar-refractivity contribution >= 4 is 97.7 Å². The third-order valence-corrected chi connectivity index (χ3v) is 14.1. The molecule has 0 aliphatic heterocycles. The molecule has 0 spiro atoms. The maximum Gasteiger partial charge on any atom is 0.240 e. The van der Waals surface area contributed by atoms with E-state index in [-0.39, 0.29) is 0 Å². The van der Waals surface area contributed by atoms with Crippen LogP contribution in [0.5, 0.6) is 0 Å². The van der Waals surface area contributed by atoms with Gasteiger partial charge in [0.05, 0.1) is 33.1 Å². The van der Waals surface area contributed by atoms with Crippen LogP contribution in [0.2, 0.25) is 0 Å². The zero-order chi connectivity index (χ0) is 44.7. The van der Waals surface area contributed by atoms with E-state index < -0.39 is 0 Å². The van der Waals surface area contributed by atoms with Crippen molar-refractivity contribution in [1.29, 1.82) is 0 Å². The van der Waals surface area contributed by atoms with Gasteiger partial charge in [0.25, 0.3) is 0 Å². The van der Waals surface area contributed by atoms with Crippen molar-refractivity contribution < 1.29 is 0 Å². The van der Waals surface area contributed by atoms with Crippen molar-refractivity contribution in [3.05, 3.63) is 204 Å². The SMILES string of the molecule is Cc1ccc2c(c1)c1cc(C)ccc1n2-c1nc(-c2ccc3c(c2)c2ccccc2c2cc4c(cc32)c2ccccc2n4-c2ccccc2)nc(-n2c3ccc(C)cc3c3cc(C)ccc32)n1. The summed E-state index contributed by atoms with van der Waals surface area (Å²) in [7, 11) is 0. The molecule has 14 aromatic rings. The monoisotopic (exact) mass is 858 g/mol. The predicted octanol–water partition coefficient (Wildman–Crippen LogP) is 15.5. The summed E-state index contributed by atoms with van der Waals surface area (Å²) in [6.45, 7) is 8.62. The second-order valence-electron chi connectivity index (χ2n) is 18.4. The van der Waals surface area contributed by atoms with Gasteiger partial charge >= 0.3 is 0 Å². The van der Waals surface area contributed by atoms with Crippen LogP contribution in [0.4, 0.5) is 0 Å². The van der Waals surface area contributed by atoms with Crippen molar-refractivity contribution in [2.24, 2.45) is 0 Å². The highest BCUT2D eigenvalue weighted by atomic mass is 15.3. The van der Waals surface area contributed by atoms with Crippen molar-refractivity contribution in [3.63, 3.8) is 0 Å². The number of rotatable bonds is 4. The summed E-state index contributed by atoms with van der Waals surface area (Å²) in [6, 6.07) is 66.5. The molecule has 0 saturated heterocycles. The molecule has 4 heterocycles. The fraction of sp³-hybridized carbons (Fsp3) is 0.0656. The third kappa shape index (κ3) is 5.53. The van der Waals surface area contributed by atoms with Gasteiger partial charge in [-0.1, -0.05) is 119 Å². The van der Waals surface area contributed by atoms with E-state index in [0.717, 1.165) is 38.7 Å². The Morgan fingerprint density at radius 3 is 1.22 bits per heavy atom. The summed E-state index contributed by atoms with van der Waals surface area (Å²) in [5, 5.41) is 14.3. The van der Waals surface area contributed by atoms with Gasteiger partial charge in [-0.2, -0.15) is 15.0 Å². The molecule has 0 aliphatic carbocycles. The second kappa shape index (κ2) is 13.9. The number of aromatic nitrogens is 6. The summed E-state index contributed by atoms with van der Waals surface area (Å²) in [5.74, 6) is 1.75. The number of nitrogens with zero attached hydrogens (tertiary/aromatic N) is 6. The molecule has 0 aliphatic rings. The first-order valence-corrected chi connectivity index (χ1v) is 23.0. The molecule has 67 heavy (non-hydrogen) atoms. The highest BCUT2D eigenvalue weighted by Crippen LogP contribution is 2.43. The van der Waals surface area contributed by atoms with E-state index in [1.54, 1.807) is 0 Å². The summed E-state index contributed by atoms with van der Waals surface area (Å²) in [4.78, 5) is 16.4. The molecule has 0 atom stereocenters. The first-order valence-electron chi connectivity index (χ1n) is 23.0. The molecule has 316 valence electrons. The molecule has 4 aromatic heterocycles. The first-order chi connectivity index (χ1) is 32.8. The third-order valence-electron chi connectivity index (χ3n) is 14.1. The maximum absolute atomic E-state index is 5.47. The Hall–Kier alpha value is -8.61. The number of para-hydroxylation sites is 2. The van der Waals surface area contributed by atoms with E-state index in [1.165, 1.54) is 92.5 Å². The topological polar surface area (TPSA) is 53.5 Å². The highest BCUT2D eigenvalue weighted by Gasteiger charge is 2.23. The molecule has 0 unspecified atom stereocenters. The highest BCUT2D eigenvalue weighted by molar-refractivity contribution is 6.29. The van der Waals surface area contributed by atoms with E-state index in [2.05, 4.69) is 223 Å². The van der Waals surface area contributed by atoms with Crippen LogP contribution < -0.4 is 0 Å². The molecule has 0 radical (unpaired) electrons. The van der Waals surface area contributed by atoms with Crippen LogP contribution in [-0.4, -0.2) is 28.7 Å². The van der Waals surface area contributed by atoms with Crippen LogP contribution in [0.1, 0.15) is 22.3 Å². The Labute approximate surface area is 385 Å². The number of fused-ring (bicyclic) bond motifs is 15. The maximum atomic E-state index is 5.47. The van der Waals surface area contributed by atoms with Gasteiger partial charge < -0.3 is 4.57 Å².